The molecule has 0 fully saturated rings. The van der Waals surface area contributed by atoms with E-state index in [0.29, 0.717) is 12.6 Å². The Labute approximate surface area is 105 Å². The molecule has 1 atom stereocenters. The summed E-state index contributed by atoms with van der Waals surface area (Å²) in [5.41, 5.74) is 7.69. The van der Waals surface area contributed by atoms with E-state index in [4.69, 9.17) is 10.5 Å². The van der Waals surface area contributed by atoms with E-state index in [-0.39, 0.29) is 0 Å². The fourth-order valence-electron chi connectivity index (χ4n) is 1.35. The number of hydrogen-bond acceptors (Lipinski definition) is 3. The number of benzene rings is 1. The van der Waals surface area contributed by atoms with Crippen LogP contribution in [-0.4, -0.2) is 19.8 Å². The van der Waals surface area contributed by atoms with Gasteiger partial charge in [0.05, 0.1) is 18.0 Å². The van der Waals surface area contributed by atoms with E-state index in [0.717, 1.165) is 21.4 Å². The van der Waals surface area contributed by atoms with Crippen LogP contribution in [0.3, 0.4) is 0 Å². The van der Waals surface area contributed by atoms with Crippen molar-refractivity contribution >= 4 is 34.0 Å². The monoisotopic (exact) mass is 320 g/mol. The van der Waals surface area contributed by atoms with Crippen molar-refractivity contribution in [2.24, 2.45) is 0 Å². The van der Waals surface area contributed by atoms with E-state index >= 15 is 0 Å². The molecular weight excluding hydrogens is 303 g/mol. The second-order valence-electron chi connectivity index (χ2n) is 3.44. The van der Waals surface area contributed by atoms with Crippen LogP contribution in [0, 0.1) is 3.57 Å². The van der Waals surface area contributed by atoms with Crippen LogP contribution in [0.2, 0.25) is 0 Å². The molecule has 15 heavy (non-hydrogen) atoms. The molecule has 0 spiro atoms. The molecule has 0 radical (unpaired) electrons. The van der Waals surface area contributed by atoms with Gasteiger partial charge in [0, 0.05) is 16.7 Å². The number of nitrogens with one attached hydrogen (secondary N) is 1. The highest BCUT2D eigenvalue weighted by molar-refractivity contribution is 14.1. The van der Waals surface area contributed by atoms with Crippen molar-refractivity contribution in [2.75, 3.05) is 24.8 Å². The highest BCUT2D eigenvalue weighted by Gasteiger charge is 2.07. The minimum atomic E-state index is 0.317. The van der Waals surface area contributed by atoms with E-state index in [1.54, 1.807) is 7.11 Å². The number of methoxy groups -OCH3 is 1. The minimum Gasteiger partial charge on any atom is -0.397 e. The van der Waals surface area contributed by atoms with Gasteiger partial charge in [0.2, 0.25) is 0 Å². The average molecular weight is 320 g/mol. The minimum absolute atomic E-state index is 0.317. The Balaban J connectivity index is 2.70. The lowest BCUT2D eigenvalue weighted by Crippen LogP contribution is -2.24. The number of anilines is 2. The van der Waals surface area contributed by atoms with Gasteiger partial charge in [-0.2, -0.15) is 0 Å². The maximum Gasteiger partial charge on any atom is 0.0663 e. The van der Waals surface area contributed by atoms with Crippen molar-refractivity contribution in [2.45, 2.75) is 19.4 Å². The molecular formula is C11H17IN2O. The van der Waals surface area contributed by atoms with Crippen LogP contribution in [0.25, 0.3) is 0 Å². The Morgan fingerprint density at radius 1 is 1.53 bits per heavy atom. The molecule has 84 valence electrons. The van der Waals surface area contributed by atoms with Gasteiger partial charge in [-0.15, -0.1) is 0 Å². The molecule has 4 heteroatoms. The van der Waals surface area contributed by atoms with Crippen molar-refractivity contribution in [3.05, 3.63) is 21.8 Å². The molecule has 0 aromatic heterocycles. The second kappa shape index (κ2) is 6.17. The highest BCUT2D eigenvalue weighted by Crippen LogP contribution is 2.22. The lowest BCUT2D eigenvalue weighted by molar-refractivity contribution is 0.184. The van der Waals surface area contributed by atoms with Crippen molar-refractivity contribution in [1.82, 2.24) is 0 Å². The Bertz CT molecular complexity index is 317. The van der Waals surface area contributed by atoms with Crippen molar-refractivity contribution in [3.8, 4) is 0 Å². The first-order valence-corrected chi connectivity index (χ1v) is 6.05. The summed E-state index contributed by atoms with van der Waals surface area (Å²) in [4.78, 5) is 0. The third kappa shape index (κ3) is 3.87. The summed E-state index contributed by atoms with van der Waals surface area (Å²) in [6.45, 7) is 2.82. The third-order valence-corrected chi connectivity index (χ3v) is 2.90. The van der Waals surface area contributed by atoms with Crippen LogP contribution in [0.1, 0.15) is 13.3 Å². The maximum absolute atomic E-state index is 5.91. The Hall–Kier alpha value is -0.490. The van der Waals surface area contributed by atoms with E-state index in [2.05, 4.69) is 34.8 Å². The standard InChI is InChI=1S/C11H17IN2O/c1-3-9(7-15-2)14-11-5-4-8(12)6-10(11)13/h4-6,9,14H,3,7,13H2,1-2H3. The zero-order valence-corrected chi connectivity index (χ0v) is 11.2. The largest absolute Gasteiger partial charge is 0.397 e. The summed E-state index contributed by atoms with van der Waals surface area (Å²) in [5.74, 6) is 0. The average Bonchev–Trinajstić information content (AvgIpc) is 2.21. The normalized spacial score (nSPS) is 12.5. The van der Waals surface area contributed by atoms with Gasteiger partial charge in [0.1, 0.15) is 0 Å². The van der Waals surface area contributed by atoms with Gasteiger partial charge in [0.15, 0.2) is 0 Å². The summed E-state index contributed by atoms with van der Waals surface area (Å²) in [6.07, 6.45) is 1.01. The Morgan fingerprint density at radius 2 is 2.27 bits per heavy atom. The first kappa shape index (κ1) is 12.6. The molecule has 0 amide bonds. The second-order valence-corrected chi connectivity index (χ2v) is 4.68. The highest BCUT2D eigenvalue weighted by atomic mass is 127. The maximum atomic E-state index is 5.91. The van der Waals surface area contributed by atoms with Gasteiger partial charge >= 0.3 is 0 Å². The van der Waals surface area contributed by atoms with Crippen LogP contribution in [-0.2, 0) is 4.74 Å². The number of hydrogen-bond donors (Lipinski definition) is 2. The predicted octanol–water partition coefficient (Wildman–Crippen LogP) is 2.71. The molecule has 0 bridgehead atoms. The van der Waals surface area contributed by atoms with Crippen molar-refractivity contribution < 1.29 is 4.74 Å². The molecule has 0 aliphatic rings. The molecule has 0 heterocycles. The van der Waals surface area contributed by atoms with Gasteiger partial charge in [-0.1, -0.05) is 6.92 Å². The first-order chi connectivity index (χ1) is 7.17. The number of nitrogens with two attached hydrogens (primary N) is 1. The van der Waals surface area contributed by atoms with E-state index in [9.17, 15) is 0 Å². The number of nitrogen functional groups attached to an aromatic ring is 1. The van der Waals surface area contributed by atoms with Crippen LogP contribution in [0.4, 0.5) is 11.4 Å². The topological polar surface area (TPSA) is 47.3 Å². The predicted molar refractivity (Wildman–Crippen MR) is 73.1 cm³/mol. The summed E-state index contributed by atoms with van der Waals surface area (Å²) in [5, 5.41) is 3.37. The van der Waals surface area contributed by atoms with Gasteiger partial charge in [0.25, 0.3) is 0 Å². The molecule has 1 rings (SSSR count). The molecule has 0 saturated carbocycles. The van der Waals surface area contributed by atoms with Gasteiger partial charge in [-0.05, 0) is 47.2 Å². The third-order valence-electron chi connectivity index (χ3n) is 2.23. The van der Waals surface area contributed by atoms with E-state index in [1.807, 2.05) is 18.2 Å². The summed E-state index contributed by atoms with van der Waals surface area (Å²) in [6, 6.07) is 6.33. The first-order valence-electron chi connectivity index (χ1n) is 4.97. The molecule has 0 saturated heterocycles. The van der Waals surface area contributed by atoms with Crippen LogP contribution in [0.15, 0.2) is 18.2 Å². The van der Waals surface area contributed by atoms with Crippen molar-refractivity contribution in [1.29, 1.82) is 0 Å². The fraction of sp³-hybridized carbons (Fsp3) is 0.455. The Kier molecular flexibility index (Phi) is 5.17. The van der Waals surface area contributed by atoms with E-state index < -0.39 is 0 Å². The summed E-state index contributed by atoms with van der Waals surface area (Å²) >= 11 is 2.25. The van der Waals surface area contributed by atoms with Crippen LogP contribution in [0.5, 0.6) is 0 Å². The van der Waals surface area contributed by atoms with Crippen LogP contribution < -0.4 is 11.1 Å². The zero-order valence-electron chi connectivity index (χ0n) is 9.09. The quantitative estimate of drug-likeness (QED) is 0.648. The molecule has 3 N–H and O–H groups in total. The molecule has 3 nitrogen and oxygen atoms in total. The number of halogens is 1. The van der Waals surface area contributed by atoms with Crippen molar-refractivity contribution in [3.63, 3.8) is 0 Å². The summed E-state index contributed by atoms with van der Waals surface area (Å²) in [7, 11) is 1.71. The Morgan fingerprint density at radius 3 is 2.80 bits per heavy atom. The molecule has 1 unspecified atom stereocenters. The zero-order chi connectivity index (χ0) is 11.3. The van der Waals surface area contributed by atoms with Gasteiger partial charge in [-0.3, -0.25) is 0 Å². The summed E-state index contributed by atoms with van der Waals surface area (Å²) < 4.78 is 6.27. The lowest BCUT2D eigenvalue weighted by atomic mass is 10.2. The number of rotatable bonds is 5. The molecule has 1 aromatic rings. The molecule has 1 aromatic carbocycles. The van der Waals surface area contributed by atoms with Crippen LogP contribution >= 0.6 is 22.6 Å². The fourth-order valence-corrected chi connectivity index (χ4v) is 1.86. The number of ether oxygens (including phenoxy) is 1. The smallest absolute Gasteiger partial charge is 0.0663 e. The van der Waals surface area contributed by atoms with Gasteiger partial charge < -0.3 is 15.8 Å². The SMILES string of the molecule is CCC(COC)Nc1ccc(I)cc1N. The van der Waals surface area contributed by atoms with Gasteiger partial charge in [-0.25, -0.2) is 0 Å². The lowest BCUT2D eigenvalue weighted by Gasteiger charge is -2.18. The van der Waals surface area contributed by atoms with E-state index in [1.165, 1.54) is 0 Å². The molecule has 0 aliphatic carbocycles. The molecule has 0 aliphatic heterocycles.